The standard InChI is InChI=1S/C24H23F3N2O/c1-15-13-20(16(2)29(15)22-10-6-5-9-21(22)24(25,26)27)23(30)28-14-18-12-11-17-7-3-4-8-19(17)18/h3-10,13,18H,11-12,14H2,1-2H3,(H,28,30). The number of hydrogen-bond donors (Lipinski definition) is 1. The van der Waals surface area contributed by atoms with Gasteiger partial charge in [0.15, 0.2) is 0 Å². The summed E-state index contributed by atoms with van der Waals surface area (Å²) in [7, 11) is 0. The zero-order valence-corrected chi connectivity index (χ0v) is 16.9. The number of halogens is 3. The number of nitrogens with one attached hydrogen (secondary N) is 1. The first-order chi connectivity index (χ1) is 14.3. The van der Waals surface area contributed by atoms with Gasteiger partial charge in [0, 0.05) is 23.9 Å². The van der Waals surface area contributed by atoms with Gasteiger partial charge in [-0.3, -0.25) is 4.79 Å². The number of aryl methyl sites for hydroxylation is 2. The topological polar surface area (TPSA) is 34.0 Å². The summed E-state index contributed by atoms with van der Waals surface area (Å²) in [6, 6.07) is 15.3. The molecule has 6 heteroatoms. The van der Waals surface area contributed by atoms with Gasteiger partial charge in [-0.15, -0.1) is 0 Å². The Morgan fingerprint density at radius 3 is 2.57 bits per heavy atom. The summed E-state index contributed by atoms with van der Waals surface area (Å²) in [5.41, 5.74) is 3.37. The molecular weight excluding hydrogens is 389 g/mol. The van der Waals surface area contributed by atoms with Gasteiger partial charge in [0.2, 0.25) is 0 Å². The van der Waals surface area contributed by atoms with Gasteiger partial charge in [0.1, 0.15) is 0 Å². The molecule has 3 nitrogen and oxygen atoms in total. The first-order valence-corrected chi connectivity index (χ1v) is 9.99. The molecular formula is C24H23F3N2O. The van der Waals surface area contributed by atoms with Gasteiger partial charge in [-0.05, 0) is 56.0 Å². The molecule has 1 amide bonds. The van der Waals surface area contributed by atoms with Crippen LogP contribution in [0.4, 0.5) is 13.2 Å². The molecule has 4 rings (SSSR count). The molecule has 1 aliphatic rings. The number of rotatable bonds is 4. The first-order valence-electron chi connectivity index (χ1n) is 9.99. The molecule has 30 heavy (non-hydrogen) atoms. The molecule has 0 radical (unpaired) electrons. The van der Waals surface area contributed by atoms with Crippen LogP contribution in [-0.4, -0.2) is 17.0 Å². The molecule has 1 aliphatic carbocycles. The molecule has 0 aliphatic heterocycles. The number of para-hydroxylation sites is 1. The van der Waals surface area contributed by atoms with Crippen LogP contribution >= 0.6 is 0 Å². The van der Waals surface area contributed by atoms with Crippen LogP contribution in [0.25, 0.3) is 5.69 Å². The zero-order chi connectivity index (χ0) is 21.5. The maximum absolute atomic E-state index is 13.5. The summed E-state index contributed by atoms with van der Waals surface area (Å²) >= 11 is 0. The van der Waals surface area contributed by atoms with Crippen LogP contribution in [0.5, 0.6) is 0 Å². The highest BCUT2D eigenvalue weighted by Crippen LogP contribution is 2.36. The number of fused-ring (bicyclic) bond motifs is 1. The van der Waals surface area contributed by atoms with E-state index < -0.39 is 11.7 Å². The minimum absolute atomic E-state index is 0.0313. The number of carbonyl (C=O) groups is 1. The highest BCUT2D eigenvalue weighted by Gasteiger charge is 2.34. The zero-order valence-electron chi connectivity index (χ0n) is 16.9. The highest BCUT2D eigenvalue weighted by atomic mass is 19.4. The summed E-state index contributed by atoms with van der Waals surface area (Å²) in [6.45, 7) is 3.91. The Morgan fingerprint density at radius 1 is 1.10 bits per heavy atom. The van der Waals surface area contributed by atoms with E-state index in [2.05, 4.69) is 17.4 Å². The van der Waals surface area contributed by atoms with Crippen LogP contribution in [0.1, 0.15) is 50.8 Å². The smallest absolute Gasteiger partial charge is 0.351 e. The second-order valence-electron chi connectivity index (χ2n) is 7.78. The lowest BCUT2D eigenvalue weighted by Gasteiger charge is -2.17. The monoisotopic (exact) mass is 412 g/mol. The molecule has 1 aromatic heterocycles. The lowest BCUT2D eigenvalue weighted by atomic mass is 10.0. The molecule has 0 fully saturated rings. The molecule has 1 atom stereocenters. The van der Waals surface area contributed by atoms with Crippen molar-refractivity contribution in [2.45, 2.75) is 38.8 Å². The summed E-state index contributed by atoms with van der Waals surface area (Å²) in [6.07, 6.45) is -2.49. The van der Waals surface area contributed by atoms with E-state index in [1.54, 1.807) is 26.0 Å². The van der Waals surface area contributed by atoms with Gasteiger partial charge in [-0.2, -0.15) is 13.2 Å². The number of carbonyl (C=O) groups excluding carboxylic acids is 1. The van der Waals surface area contributed by atoms with Gasteiger partial charge in [0.25, 0.3) is 5.91 Å². The summed E-state index contributed by atoms with van der Waals surface area (Å²) in [5.74, 6) is 0.00261. The van der Waals surface area contributed by atoms with E-state index in [0.29, 0.717) is 23.5 Å². The second kappa shape index (κ2) is 7.67. The van der Waals surface area contributed by atoms with E-state index in [0.717, 1.165) is 18.9 Å². The highest BCUT2D eigenvalue weighted by molar-refractivity contribution is 5.96. The molecule has 1 unspecified atom stereocenters. The van der Waals surface area contributed by atoms with Crippen molar-refractivity contribution in [1.29, 1.82) is 0 Å². The van der Waals surface area contributed by atoms with Crippen LogP contribution in [0.2, 0.25) is 0 Å². The molecule has 1 heterocycles. The van der Waals surface area contributed by atoms with Crippen molar-refractivity contribution in [3.05, 3.63) is 88.2 Å². The van der Waals surface area contributed by atoms with E-state index in [9.17, 15) is 18.0 Å². The van der Waals surface area contributed by atoms with Gasteiger partial charge in [-0.25, -0.2) is 0 Å². The summed E-state index contributed by atoms with van der Waals surface area (Å²) < 4.78 is 42.0. The Hall–Kier alpha value is -3.02. The predicted molar refractivity (Wildman–Crippen MR) is 110 cm³/mol. The van der Waals surface area contributed by atoms with Crippen LogP contribution < -0.4 is 5.32 Å². The number of benzene rings is 2. The Morgan fingerprint density at radius 2 is 1.80 bits per heavy atom. The third kappa shape index (κ3) is 3.62. The number of nitrogens with zero attached hydrogens (tertiary/aromatic N) is 1. The first kappa shape index (κ1) is 20.3. The van der Waals surface area contributed by atoms with Crippen molar-refractivity contribution >= 4 is 5.91 Å². The molecule has 0 bridgehead atoms. The third-order valence-electron chi connectivity index (χ3n) is 5.89. The molecule has 3 aromatic rings. The lowest BCUT2D eigenvalue weighted by molar-refractivity contribution is -0.137. The normalized spacial score (nSPS) is 15.8. The Balaban J connectivity index is 1.58. The lowest BCUT2D eigenvalue weighted by Crippen LogP contribution is -2.28. The summed E-state index contributed by atoms with van der Waals surface area (Å²) in [5, 5.41) is 2.98. The van der Waals surface area contributed by atoms with Crippen LogP contribution in [-0.2, 0) is 12.6 Å². The fourth-order valence-corrected chi connectivity index (χ4v) is 4.44. The van der Waals surface area contributed by atoms with Crippen molar-refractivity contribution in [3.8, 4) is 5.69 Å². The average Bonchev–Trinajstić information content (AvgIpc) is 3.26. The number of amides is 1. The van der Waals surface area contributed by atoms with Gasteiger partial charge in [-0.1, -0.05) is 36.4 Å². The molecule has 0 saturated heterocycles. The maximum Gasteiger partial charge on any atom is 0.418 e. The van der Waals surface area contributed by atoms with Gasteiger partial charge >= 0.3 is 6.18 Å². The van der Waals surface area contributed by atoms with Crippen LogP contribution in [0.15, 0.2) is 54.6 Å². The molecule has 156 valence electrons. The fraction of sp³-hybridized carbons (Fsp3) is 0.292. The van der Waals surface area contributed by atoms with E-state index >= 15 is 0 Å². The Kier molecular flexibility index (Phi) is 5.18. The second-order valence-corrected chi connectivity index (χ2v) is 7.78. The molecule has 0 spiro atoms. The van der Waals surface area contributed by atoms with Gasteiger partial charge in [0.05, 0.1) is 16.8 Å². The SMILES string of the molecule is Cc1cc(C(=O)NCC2CCc3ccccc32)c(C)n1-c1ccccc1C(F)(F)F. The molecule has 0 saturated carbocycles. The van der Waals surface area contributed by atoms with Crippen molar-refractivity contribution in [1.82, 2.24) is 9.88 Å². The fourth-order valence-electron chi connectivity index (χ4n) is 4.44. The number of aromatic nitrogens is 1. The van der Waals surface area contributed by atoms with Crippen LogP contribution in [0.3, 0.4) is 0 Å². The maximum atomic E-state index is 13.5. The van der Waals surface area contributed by atoms with E-state index in [-0.39, 0.29) is 17.5 Å². The van der Waals surface area contributed by atoms with E-state index in [1.807, 2.05) is 12.1 Å². The van der Waals surface area contributed by atoms with Crippen molar-refractivity contribution in [3.63, 3.8) is 0 Å². The van der Waals surface area contributed by atoms with Crippen LogP contribution in [0, 0.1) is 13.8 Å². The third-order valence-corrected chi connectivity index (χ3v) is 5.89. The van der Waals surface area contributed by atoms with Crippen molar-refractivity contribution < 1.29 is 18.0 Å². The Labute approximate surface area is 173 Å². The molecule has 2 aromatic carbocycles. The van der Waals surface area contributed by atoms with E-state index in [4.69, 9.17) is 0 Å². The quantitative estimate of drug-likeness (QED) is 0.597. The van der Waals surface area contributed by atoms with Crippen molar-refractivity contribution in [2.24, 2.45) is 0 Å². The van der Waals surface area contributed by atoms with E-state index in [1.165, 1.54) is 27.8 Å². The largest absolute Gasteiger partial charge is 0.418 e. The van der Waals surface area contributed by atoms with Gasteiger partial charge < -0.3 is 9.88 Å². The number of hydrogen-bond acceptors (Lipinski definition) is 1. The summed E-state index contributed by atoms with van der Waals surface area (Å²) in [4.78, 5) is 12.9. The minimum atomic E-state index is -4.47. The average molecular weight is 412 g/mol. The Bertz CT molecular complexity index is 1100. The minimum Gasteiger partial charge on any atom is -0.351 e. The molecule has 1 N–H and O–H groups in total. The predicted octanol–water partition coefficient (Wildman–Crippen LogP) is 5.57. The van der Waals surface area contributed by atoms with Crippen molar-refractivity contribution in [2.75, 3.05) is 6.54 Å². The number of alkyl halides is 3.